The molecule has 1 atom stereocenters. The lowest BCUT2D eigenvalue weighted by Gasteiger charge is -2.22. The summed E-state index contributed by atoms with van der Waals surface area (Å²) < 4.78 is 50.3. The minimum Gasteiger partial charge on any atom is -0.322 e. The van der Waals surface area contributed by atoms with Crippen molar-refractivity contribution in [2.75, 3.05) is 18.1 Å². The maximum absolute atomic E-state index is 14.0. The zero-order chi connectivity index (χ0) is 22.3. The number of carbonyl (C=O) groups excluding carboxylic acids is 3. The summed E-state index contributed by atoms with van der Waals surface area (Å²) in [6, 6.07) is 6.95. The normalized spacial score (nSPS) is 19.0. The van der Waals surface area contributed by atoms with Crippen molar-refractivity contribution < 1.29 is 31.6 Å². The standard InChI is InChI=1S/C19H17F2N3O5S/c1-19(11-3-5-12(20)6-4-11)17(26)24(18(27)23-19)10-16(25)22-15-9-13(30(2,28)29)7-8-14(15)21/h3-9H,10H2,1-2H3,(H,22,25)(H,23,27). The summed E-state index contributed by atoms with van der Waals surface area (Å²) in [6.45, 7) is 0.678. The monoisotopic (exact) mass is 437 g/mol. The van der Waals surface area contributed by atoms with Crippen molar-refractivity contribution in [1.82, 2.24) is 10.2 Å². The molecule has 4 amide bonds. The second kappa shape index (κ2) is 7.48. The Bertz CT molecular complexity index is 1150. The van der Waals surface area contributed by atoms with E-state index in [-0.39, 0.29) is 4.90 Å². The molecule has 0 saturated carbocycles. The number of hydrogen-bond donors (Lipinski definition) is 2. The van der Waals surface area contributed by atoms with Crippen molar-refractivity contribution in [3.63, 3.8) is 0 Å². The molecule has 2 N–H and O–H groups in total. The minimum absolute atomic E-state index is 0.210. The molecule has 1 fully saturated rings. The van der Waals surface area contributed by atoms with Gasteiger partial charge in [-0.1, -0.05) is 12.1 Å². The summed E-state index contributed by atoms with van der Waals surface area (Å²) in [5, 5.41) is 4.62. The molecule has 30 heavy (non-hydrogen) atoms. The predicted octanol–water partition coefficient (Wildman–Crippen LogP) is 1.77. The van der Waals surface area contributed by atoms with Crippen LogP contribution < -0.4 is 10.6 Å². The van der Waals surface area contributed by atoms with Crippen LogP contribution in [0.3, 0.4) is 0 Å². The lowest BCUT2D eigenvalue weighted by atomic mass is 9.92. The fourth-order valence-corrected chi connectivity index (χ4v) is 3.63. The van der Waals surface area contributed by atoms with Gasteiger partial charge in [0.25, 0.3) is 5.91 Å². The van der Waals surface area contributed by atoms with Gasteiger partial charge >= 0.3 is 6.03 Å². The van der Waals surface area contributed by atoms with Crippen molar-refractivity contribution in [3.8, 4) is 0 Å². The number of sulfone groups is 1. The summed E-state index contributed by atoms with van der Waals surface area (Å²) in [5.74, 6) is -3.07. The van der Waals surface area contributed by atoms with E-state index in [9.17, 15) is 31.6 Å². The molecular formula is C19H17F2N3O5S. The number of halogens is 2. The molecule has 1 aliphatic heterocycles. The highest BCUT2D eigenvalue weighted by Gasteiger charge is 2.49. The number of nitrogens with zero attached hydrogens (tertiary/aromatic N) is 1. The summed E-state index contributed by atoms with van der Waals surface area (Å²) in [5.41, 5.74) is -1.60. The second-order valence-electron chi connectivity index (χ2n) is 6.92. The highest BCUT2D eigenvalue weighted by Crippen LogP contribution is 2.29. The van der Waals surface area contributed by atoms with Crippen LogP contribution in [-0.4, -0.2) is 44.0 Å². The maximum Gasteiger partial charge on any atom is 0.325 e. The van der Waals surface area contributed by atoms with E-state index in [1.807, 2.05) is 0 Å². The van der Waals surface area contributed by atoms with Gasteiger partial charge in [0.1, 0.15) is 23.7 Å². The third-order valence-electron chi connectivity index (χ3n) is 4.64. The maximum atomic E-state index is 14.0. The SMILES string of the molecule is CC1(c2ccc(F)cc2)NC(=O)N(CC(=O)Nc2cc(S(C)(=O)=O)ccc2F)C1=O. The zero-order valence-corrected chi connectivity index (χ0v) is 16.7. The Morgan fingerprint density at radius 1 is 1.13 bits per heavy atom. The Balaban J connectivity index is 1.78. The average Bonchev–Trinajstić information content (AvgIpc) is 2.87. The van der Waals surface area contributed by atoms with Gasteiger partial charge in [-0.05, 0) is 42.8 Å². The van der Waals surface area contributed by atoms with Gasteiger partial charge in [0.05, 0.1) is 10.6 Å². The van der Waals surface area contributed by atoms with E-state index < -0.39 is 57.1 Å². The average molecular weight is 437 g/mol. The van der Waals surface area contributed by atoms with Gasteiger partial charge in [-0.2, -0.15) is 0 Å². The molecule has 158 valence electrons. The van der Waals surface area contributed by atoms with E-state index in [4.69, 9.17) is 0 Å². The van der Waals surface area contributed by atoms with Crippen LogP contribution in [0.2, 0.25) is 0 Å². The molecule has 8 nitrogen and oxygen atoms in total. The predicted molar refractivity (Wildman–Crippen MR) is 102 cm³/mol. The molecule has 0 aromatic heterocycles. The van der Waals surface area contributed by atoms with Crippen LogP contribution in [0.4, 0.5) is 19.3 Å². The topological polar surface area (TPSA) is 113 Å². The smallest absolute Gasteiger partial charge is 0.322 e. The summed E-state index contributed by atoms with van der Waals surface area (Å²) in [7, 11) is -3.64. The van der Waals surface area contributed by atoms with Crippen molar-refractivity contribution in [2.45, 2.75) is 17.4 Å². The number of carbonyl (C=O) groups is 3. The first-order valence-corrected chi connectivity index (χ1v) is 10.5. The molecule has 1 heterocycles. The molecule has 2 aromatic carbocycles. The number of amides is 4. The lowest BCUT2D eigenvalue weighted by Crippen LogP contribution is -2.42. The van der Waals surface area contributed by atoms with E-state index in [1.165, 1.54) is 19.1 Å². The first-order valence-electron chi connectivity index (χ1n) is 8.61. The van der Waals surface area contributed by atoms with Crippen molar-refractivity contribution in [2.24, 2.45) is 0 Å². The number of urea groups is 1. The second-order valence-corrected chi connectivity index (χ2v) is 8.93. The number of nitrogens with one attached hydrogen (secondary N) is 2. The number of benzene rings is 2. The van der Waals surface area contributed by atoms with E-state index >= 15 is 0 Å². The van der Waals surface area contributed by atoms with E-state index in [0.717, 1.165) is 36.6 Å². The highest BCUT2D eigenvalue weighted by atomic mass is 32.2. The molecule has 0 aliphatic carbocycles. The molecule has 1 unspecified atom stereocenters. The van der Waals surface area contributed by atoms with Crippen LogP contribution in [0, 0.1) is 11.6 Å². The van der Waals surface area contributed by atoms with Crippen molar-refractivity contribution in [3.05, 3.63) is 59.7 Å². The van der Waals surface area contributed by atoms with E-state index in [2.05, 4.69) is 10.6 Å². The van der Waals surface area contributed by atoms with Gasteiger partial charge in [0.15, 0.2) is 9.84 Å². The fraction of sp³-hybridized carbons (Fsp3) is 0.211. The summed E-state index contributed by atoms with van der Waals surface area (Å²) >= 11 is 0. The first kappa shape index (κ1) is 21.4. The van der Waals surface area contributed by atoms with Crippen LogP contribution in [0.15, 0.2) is 47.4 Å². The quantitative estimate of drug-likeness (QED) is 0.547. The number of anilines is 1. The molecule has 2 aromatic rings. The molecule has 0 spiro atoms. The largest absolute Gasteiger partial charge is 0.325 e. The van der Waals surface area contributed by atoms with Crippen LogP contribution in [0.5, 0.6) is 0 Å². The number of rotatable bonds is 5. The van der Waals surface area contributed by atoms with Gasteiger partial charge < -0.3 is 10.6 Å². The van der Waals surface area contributed by atoms with Crippen LogP contribution in [0.1, 0.15) is 12.5 Å². The van der Waals surface area contributed by atoms with Gasteiger partial charge in [-0.25, -0.2) is 22.0 Å². The molecule has 0 radical (unpaired) electrons. The van der Waals surface area contributed by atoms with Crippen molar-refractivity contribution in [1.29, 1.82) is 0 Å². The van der Waals surface area contributed by atoms with Gasteiger partial charge in [-0.3, -0.25) is 14.5 Å². The molecule has 0 bridgehead atoms. The Labute approximate surface area is 170 Å². The van der Waals surface area contributed by atoms with Gasteiger partial charge in [-0.15, -0.1) is 0 Å². The first-order chi connectivity index (χ1) is 13.9. The van der Waals surface area contributed by atoms with E-state index in [0.29, 0.717) is 10.5 Å². The Morgan fingerprint density at radius 3 is 2.37 bits per heavy atom. The Kier molecular flexibility index (Phi) is 5.33. The summed E-state index contributed by atoms with van der Waals surface area (Å²) in [4.78, 5) is 37.8. The minimum atomic E-state index is -3.64. The molecule has 1 aliphatic rings. The number of imide groups is 1. The highest BCUT2D eigenvalue weighted by molar-refractivity contribution is 7.90. The zero-order valence-electron chi connectivity index (χ0n) is 15.9. The Morgan fingerprint density at radius 2 is 1.77 bits per heavy atom. The van der Waals surface area contributed by atoms with Crippen LogP contribution >= 0.6 is 0 Å². The van der Waals surface area contributed by atoms with Gasteiger partial charge in [0.2, 0.25) is 5.91 Å². The molecule has 11 heteroatoms. The van der Waals surface area contributed by atoms with E-state index in [1.54, 1.807) is 0 Å². The van der Waals surface area contributed by atoms with Crippen LogP contribution in [0.25, 0.3) is 0 Å². The summed E-state index contributed by atoms with van der Waals surface area (Å²) in [6.07, 6.45) is 0.926. The number of hydrogen-bond acceptors (Lipinski definition) is 5. The molecular weight excluding hydrogens is 420 g/mol. The molecule has 1 saturated heterocycles. The third-order valence-corrected chi connectivity index (χ3v) is 5.75. The van der Waals surface area contributed by atoms with Crippen LogP contribution in [-0.2, 0) is 25.0 Å². The lowest BCUT2D eigenvalue weighted by molar-refractivity contribution is -0.133. The fourth-order valence-electron chi connectivity index (χ4n) is 2.98. The molecule has 3 rings (SSSR count). The Hall–Kier alpha value is -3.34. The third kappa shape index (κ3) is 4.01. The van der Waals surface area contributed by atoms with Crippen molar-refractivity contribution >= 4 is 33.4 Å². The van der Waals surface area contributed by atoms with Gasteiger partial charge in [0, 0.05) is 6.26 Å².